The summed E-state index contributed by atoms with van der Waals surface area (Å²) in [5.41, 5.74) is 2.56. The third kappa shape index (κ3) is 7.18. The molecular weight excluding hydrogens is 546 g/mol. The second-order valence-electron chi connectivity index (χ2n) is 12.0. The Hall–Kier alpha value is -3.92. The summed E-state index contributed by atoms with van der Waals surface area (Å²) < 4.78 is 13.0. The maximum Gasteiger partial charge on any atom is 0.407 e. The van der Waals surface area contributed by atoms with Crippen molar-refractivity contribution in [2.75, 3.05) is 71.7 Å². The maximum absolute atomic E-state index is 12.8. The highest BCUT2D eigenvalue weighted by atomic mass is 16.6. The Morgan fingerprint density at radius 3 is 2.58 bits per heavy atom. The minimum Gasteiger partial charge on any atom is -0.492 e. The molecule has 1 amide bonds. The van der Waals surface area contributed by atoms with Crippen LogP contribution in [0.25, 0.3) is 16.6 Å². The van der Waals surface area contributed by atoms with Crippen molar-refractivity contribution in [1.82, 2.24) is 34.6 Å². The molecule has 2 aliphatic rings. The fraction of sp³-hybridized carbons (Fsp3) is 0.548. The number of rotatable bonds is 8. The van der Waals surface area contributed by atoms with Crippen LogP contribution in [0.5, 0.6) is 5.75 Å². The van der Waals surface area contributed by atoms with Gasteiger partial charge in [-0.2, -0.15) is 10.4 Å². The first-order valence-electron chi connectivity index (χ1n) is 15.0. The van der Waals surface area contributed by atoms with Crippen molar-refractivity contribution in [2.45, 2.75) is 45.3 Å². The first-order chi connectivity index (χ1) is 20.7. The minimum absolute atomic E-state index is 0.180. The topological polar surface area (TPSA) is 115 Å². The molecule has 12 nitrogen and oxygen atoms in total. The first kappa shape index (κ1) is 30.5. The highest BCUT2D eigenvalue weighted by Crippen LogP contribution is 2.32. The van der Waals surface area contributed by atoms with Gasteiger partial charge in [-0.05, 0) is 65.9 Å². The number of amides is 1. The van der Waals surface area contributed by atoms with Crippen LogP contribution in [0, 0.1) is 11.3 Å². The van der Waals surface area contributed by atoms with Crippen molar-refractivity contribution in [3.63, 3.8) is 0 Å². The molecule has 0 aliphatic carbocycles. The van der Waals surface area contributed by atoms with Gasteiger partial charge in [-0.25, -0.2) is 14.3 Å². The fourth-order valence-electron chi connectivity index (χ4n) is 6.13. The number of alkyl carbamates (subject to hydrolysis) is 1. The molecule has 0 saturated carbocycles. The van der Waals surface area contributed by atoms with Gasteiger partial charge in [0.05, 0.1) is 55.1 Å². The lowest BCUT2D eigenvalue weighted by molar-refractivity contribution is 0.0801. The van der Waals surface area contributed by atoms with Gasteiger partial charge in [-0.15, -0.1) is 0 Å². The van der Waals surface area contributed by atoms with Crippen molar-refractivity contribution in [3.8, 4) is 22.9 Å². The second-order valence-corrected chi connectivity index (χ2v) is 12.0. The lowest BCUT2D eigenvalue weighted by Crippen LogP contribution is -2.61. The molecule has 0 unspecified atom stereocenters. The molecule has 5 rings (SSSR count). The van der Waals surface area contributed by atoms with Crippen LogP contribution in [0.15, 0.2) is 36.8 Å². The van der Waals surface area contributed by atoms with Crippen LogP contribution in [-0.4, -0.2) is 114 Å². The summed E-state index contributed by atoms with van der Waals surface area (Å²) in [6.07, 6.45) is 6.22. The predicted octanol–water partition coefficient (Wildman–Crippen LogP) is 3.23. The number of piperidine rings is 1. The van der Waals surface area contributed by atoms with Crippen molar-refractivity contribution < 1.29 is 14.3 Å². The molecule has 0 bridgehead atoms. The summed E-state index contributed by atoms with van der Waals surface area (Å²) in [5.74, 6) is 1.56. The predicted molar refractivity (Wildman–Crippen MR) is 165 cm³/mol. The van der Waals surface area contributed by atoms with E-state index in [1.54, 1.807) is 16.9 Å². The van der Waals surface area contributed by atoms with Gasteiger partial charge < -0.3 is 19.7 Å². The Kier molecular flexibility index (Phi) is 9.34. The number of hydrogen-bond donors (Lipinski definition) is 1. The molecule has 0 aromatic carbocycles. The zero-order valence-corrected chi connectivity index (χ0v) is 25.9. The van der Waals surface area contributed by atoms with Gasteiger partial charge in [0.15, 0.2) is 0 Å². The Balaban J connectivity index is 1.33. The smallest absolute Gasteiger partial charge is 0.407 e. The quantitative estimate of drug-likeness (QED) is 0.420. The number of nitriles is 1. The van der Waals surface area contributed by atoms with E-state index < -0.39 is 5.54 Å². The number of ether oxygens (including phenoxy) is 2. The molecule has 5 heterocycles. The molecule has 0 radical (unpaired) electrons. The third-order valence-electron chi connectivity index (χ3n) is 8.08. The van der Waals surface area contributed by atoms with E-state index in [1.807, 2.05) is 45.2 Å². The number of carbonyl (C=O) groups excluding carboxylic acids is 1. The zero-order valence-electron chi connectivity index (χ0n) is 25.9. The van der Waals surface area contributed by atoms with E-state index in [0.29, 0.717) is 17.9 Å². The molecule has 1 N–H and O–H groups in total. The van der Waals surface area contributed by atoms with Gasteiger partial charge in [-0.3, -0.25) is 14.7 Å². The highest BCUT2D eigenvalue weighted by Gasteiger charge is 2.39. The Morgan fingerprint density at radius 1 is 1.12 bits per heavy atom. The number of aromatic nitrogens is 3. The number of pyridine rings is 2. The molecule has 230 valence electrons. The van der Waals surface area contributed by atoms with Gasteiger partial charge in [0, 0.05) is 50.0 Å². The number of fused-ring (bicyclic) bond motifs is 1. The summed E-state index contributed by atoms with van der Waals surface area (Å²) in [4.78, 5) is 27.0. The fourth-order valence-corrected chi connectivity index (χ4v) is 6.13. The molecule has 2 fully saturated rings. The molecule has 3 aromatic rings. The number of hydrogen-bond acceptors (Lipinski definition) is 10. The van der Waals surface area contributed by atoms with Crippen LogP contribution in [0.2, 0.25) is 0 Å². The molecule has 3 aromatic heterocycles. The van der Waals surface area contributed by atoms with Gasteiger partial charge in [-0.1, -0.05) is 0 Å². The normalized spacial score (nSPS) is 18.4. The van der Waals surface area contributed by atoms with Gasteiger partial charge >= 0.3 is 6.09 Å². The molecular formula is C31H43N9O3. The number of anilines is 1. The van der Waals surface area contributed by atoms with E-state index in [4.69, 9.17) is 14.5 Å². The molecule has 12 heteroatoms. The van der Waals surface area contributed by atoms with E-state index in [1.165, 1.54) is 0 Å². The van der Waals surface area contributed by atoms with Crippen LogP contribution < -0.4 is 15.0 Å². The number of nitrogens with one attached hydrogen (secondary N) is 1. The standard InChI is InChI=1S/C31H43N9O3/c1-6-42-26-15-27(29-25(16-32)18-34-40(29)19-26)24-7-8-28(33-17-24)39-11-9-31(10-12-39,35-30(41)43-23(2)3)20-38-14-13-36(4)21-37(5)22-38/h7-8,15,17-19,23H,6,9-14,20-22H2,1-5H3,(H,35,41). The van der Waals surface area contributed by atoms with Gasteiger partial charge in [0.25, 0.3) is 0 Å². The number of carbonyl (C=O) groups is 1. The van der Waals surface area contributed by atoms with Crippen molar-refractivity contribution >= 4 is 17.4 Å². The summed E-state index contributed by atoms with van der Waals surface area (Å²) in [7, 11) is 4.27. The van der Waals surface area contributed by atoms with Crippen molar-refractivity contribution in [2.24, 2.45) is 0 Å². The maximum atomic E-state index is 12.8. The lowest BCUT2D eigenvalue weighted by atomic mass is 9.86. The molecule has 0 atom stereocenters. The summed E-state index contributed by atoms with van der Waals surface area (Å²) in [6.45, 7) is 12.2. The summed E-state index contributed by atoms with van der Waals surface area (Å²) >= 11 is 0. The van der Waals surface area contributed by atoms with Crippen LogP contribution in [0.3, 0.4) is 0 Å². The Labute approximate surface area is 253 Å². The highest BCUT2D eigenvalue weighted by molar-refractivity contribution is 5.85. The summed E-state index contributed by atoms with van der Waals surface area (Å²) in [5, 5.41) is 17.3. The number of nitrogens with zero attached hydrogens (tertiary/aromatic N) is 8. The van der Waals surface area contributed by atoms with Crippen LogP contribution in [-0.2, 0) is 4.74 Å². The van der Waals surface area contributed by atoms with E-state index in [9.17, 15) is 10.1 Å². The largest absolute Gasteiger partial charge is 0.492 e. The lowest BCUT2D eigenvalue weighted by Gasteiger charge is -2.45. The average Bonchev–Trinajstić information content (AvgIpc) is 3.31. The molecule has 0 spiro atoms. The first-order valence-corrected chi connectivity index (χ1v) is 15.0. The van der Waals surface area contributed by atoms with E-state index in [-0.39, 0.29) is 12.2 Å². The molecule has 2 aliphatic heterocycles. The third-order valence-corrected chi connectivity index (χ3v) is 8.08. The van der Waals surface area contributed by atoms with Crippen LogP contribution in [0.4, 0.5) is 10.6 Å². The van der Waals surface area contributed by atoms with Crippen LogP contribution >= 0.6 is 0 Å². The average molecular weight is 590 g/mol. The second kappa shape index (κ2) is 13.2. The molecule has 43 heavy (non-hydrogen) atoms. The zero-order chi connectivity index (χ0) is 30.6. The number of likely N-dealkylation sites (N-methyl/N-ethyl adjacent to an activating group) is 1. The molecule has 2 saturated heterocycles. The van der Waals surface area contributed by atoms with Crippen LogP contribution in [0.1, 0.15) is 39.2 Å². The van der Waals surface area contributed by atoms with Gasteiger partial charge in [0.1, 0.15) is 17.6 Å². The van der Waals surface area contributed by atoms with Crippen molar-refractivity contribution in [1.29, 1.82) is 5.26 Å². The monoisotopic (exact) mass is 589 g/mol. The Morgan fingerprint density at radius 2 is 1.91 bits per heavy atom. The van der Waals surface area contributed by atoms with Crippen molar-refractivity contribution in [3.05, 3.63) is 42.4 Å². The van der Waals surface area contributed by atoms with E-state index in [0.717, 1.165) is 81.4 Å². The minimum atomic E-state index is -0.396. The van der Waals surface area contributed by atoms with E-state index in [2.05, 4.69) is 50.2 Å². The SMILES string of the molecule is CCOc1cc(-c2ccc(N3CCC(CN4CCN(C)CN(C)C4)(NC(=O)OC(C)C)CC3)nc2)c2c(C#N)cnn2c1. The Bertz CT molecular complexity index is 1440. The van der Waals surface area contributed by atoms with E-state index >= 15 is 0 Å². The summed E-state index contributed by atoms with van der Waals surface area (Å²) in [6, 6.07) is 8.24. The van der Waals surface area contributed by atoms with Gasteiger partial charge in [0.2, 0.25) is 0 Å².